The zero-order valence-corrected chi connectivity index (χ0v) is 14.1. The lowest BCUT2D eigenvalue weighted by Gasteiger charge is -2.31. The number of methoxy groups -OCH3 is 1. The molecule has 1 saturated carbocycles. The van der Waals surface area contributed by atoms with Gasteiger partial charge in [-0.25, -0.2) is 4.79 Å². The number of ether oxygens (including phenoxy) is 2. The topological polar surface area (TPSA) is 47.6 Å². The van der Waals surface area contributed by atoms with Gasteiger partial charge in [-0.2, -0.15) is 0 Å². The molecule has 0 aromatic heterocycles. The molecule has 1 aliphatic rings. The maximum atomic E-state index is 12.2. The minimum atomic E-state index is -0.619. The Bertz CT molecular complexity index is 292. The van der Waals surface area contributed by atoms with Gasteiger partial charge in [0.25, 0.3) is 0 Å². The first-order valence-corrected chi connectivity index (χ1v) is 8.62. The molecule has 1 fully saturated rings. The molecular weight excluding hydrogens is 266 g/mol. The van der Waals surface area contributed by atoms with Crippen molar-refractivity contribution >= 4 is 5.97 Å². The Balaban J connectivity index is 2.28. The van der Waals surface area contributed by atoms with Crippen LogP contribution in [0.5, 0.6) is 0 Å². The molecule has 0 aromatic carbocycles. The average Bonchev–Trinajstić information content (AvgIpc) is 3.33. The third-order valence-corrected chi connectivity index (χ3v) is 4.29. The Morgan fingerprint density at radius 2 is 1.81 bits per heavy atom. The number of carbonyl (C=O) groups excluding carboxylic acids is 1. The smallest absolute Gasteiger partial charge is 0.328 e. The molecule has 1 aliphatic carbocycles. The third kappa shape index (κ3) is 5.95. The number of hydrogen-bond donors (Lipinski definition) is 1. The van der Waals surface area contributed by atoms with Crippen LogP contribution in [-0.2, 0) is 14.3 Å². The summed E-state index contributed by atoms with van der Waals surface area (Å²) in [7, 11) is 1.46. The minimum absolute atomic E-state index is 0.171. The summed E-state index contributed by atoms with van der Waals surface area (Å²) in [6.07, 6.45) is 9.69. The molecule has 0 spiro atoms. The Kier molecular flexibility index (Phi) is 8.93. The highest BCUT2D eigenvalue weighted by atomic mass is 16.5. The maximum absolute atomic E-state index is 12.2. The van der Waals surface area contributed by atoms with Crippen LogP contribution in [0.3, 0.4) is 0 Å². The number of nitrogens with one attached hydrogen (secondary N) is 1. The van der Waals surface area contributed by atoms with Crippen LogP contribution in [0.25, 0.3) is 0 Å². The van der Waals surface area contributed by atoms with Gasteiger partial charge in [-0.05, 0) is 31.7 Å². The number of esters is 1. The van der Waals surface area contributed by atoms with Crippen molar-refractivity contribution in [2.24, 2.45) is 5.92 Å². The summed E-state index contributed by atoms with van der Waals surface area (Å²) in [6.45, 7) is 6.18. The van der Waals surface area contributed by atoms with Gasteiger partial charge in [0.05, 0.1) is 13.7 Å². The Labute approximate surface area is 130 Å². The maximum Gasteiger partial charge on any atom is 0.328 e. The Hall–Kier alpha value is -0.610. The van der Waals surface area contributed by atoms with Gasteiger partial charge in [0.15, 0.2) is 0 Å². The Morgan fingerprint density at radius 1 is 1.14 bits per heavy atom. The van der Waals surface area contributed by atoms with Crippen LogP contribution in [0.15, 0.2) is 0 Å². The lowest BCUT2D eigenvalue weighted by Crippen LogP contribution is -2.58. The van der Waals surface area contributed by atoms with E-state index >= 15 is 0 Å². The van der Waals surface area contributed by atoms with E-state index in [1.807, 2.05) is 6.92 Å². The molecule has 0 saturated heterocycles. The van der Waals surface area contributed by atoms with Gasteiger partial charge in [0.1, 0.15) is 5.54 Å². The number of carbonyl (C=O) groups is 1. The first-order chi connectivity index (χ1) is 10.2. The highest BCUT2D eigenvalue weighted by molar-refractivity contribution is 5.82. The lowest BCUT2D eigenvalue weighted by molar-refractivity contribution is -0.153. The summed E-state index contributed by atoms with van der Waals surface area (Å²) < 4.78 is 10.8. The van der Waals surface area contributed by atoms with Crippen LogP contribution in [0.2, 0.25) is 0 Å². The van der Waals surface area contributed by atoms with Gasteiger partial charge in [-0.1, -0.05) is 46.0 Å². The van der Waals surface area contributed by atoms with Crippen molar-refractivity contribution in [2.45, 2.75) is 70.8 Å². The fraction of sp³-hybridized carbons (Fsp3) is 0.941. The molecule has 0 bridgehead atoms. The van der Waals surface area contributed by atoms with E-state index in [1.165, 1.54) is 39.2 Å². The number of unbranched alkanes of at least 4 members (excludes halogenated alkanes) is 5. The number of rotatable bonds is 13. The highest BCUT2D eigenvalue weighted by Gasteiger charge is 2.51. The van der Waals surface area contributed by atoms with Crippen molar-refractivity contribution in [1.29, 1.82) is 0 Å². The molecule has 1 N–H and O–H groups in total. The van der Waals surface area contributed by atoms with E-state index in [0.29, 0.717) is 12.5 Å². The van der Waals surface area contributed by atoms with Crippen molar-refractivity contribution in [3.63, 3.8) is 0 Å². The second-order valence-electron chi connectivity index (χ2n) is 6.09. The van der Waals surface area contributed by atoms with Crippen LogP contribution >= 0.6 is 0 Å². The van der Waals surface area contributed by atoms with E-state index < -0.39 is 5.54 Å². The molecule has 0 heterocycles. The second kappa shape index (κ2) is 10.2. The van der Waals surface area contributed by atoms with Gasteiger partial charge in [-0.15, -0.1) is 0 Å². The molecule has 1 atom stereocenters. The van der Waals surface area contributed by atoms with E-state index in [9.17, 15) is 4.79 Å². The third-order valence-electron chi connectivity index (χ3n) is 4.29. The number of hydrogen-bond acceptors (Lipinski definition) is 4. The largest absolute Gasteiger partial charge is 0.468 e. The standard InChI is InChI=1S/C17H33NO3/c1-4-6-7-8-9-10-13-21-14-17(18-5-2,15-11-12-15)16(19)20-3/h15,18H,4-14H2,1-3H3. The second-order valence-corrected chi connectivity index (χ2v) is 6.09. The van der Waals surface area contributed by atoms with Crippen LogP contribution < -0.4 is 5.32 Å². The summed E-state index contributed by atoms with van der Waals surface area (Å²) in [6, 6.07) is 0. The van der Waals surface area contributed by atoms with Gasteiger partial charge >= 0.3 is 5.97 Å². The molecule has 0 aliphatic heterocycles. The van der Waals surface area contributed by atoms with E-state index in [1.54, 1.807) is 0 Å². The van der Waals surface area contributed by atoms with E-state index in [2.05, 4.69) is 12.2 Å². The van der Waals surface area contributed by atoms with Crippen molar-refractivity contribution in [3.05, 3.63) is 0 Å². The summed E-state index contributed by atoms with van der Waals surface area (Å²) in [5.74, 6) is 0.198. The highest BCUT2D eigenvalue weighted by Crippen LogP contribution is 2.40. The molecule has 0 amide bonds. The zero-order valence-electron chi connectivity index (χ0n) is 14.1. The SMILES string of the molecule is CCCCCCCCOCC(NCC)(C(=O)OC)C1CC1. The molecular formula is C17H33NO3. The van der Waals surface area contributed by atoms with Crippen molar-refractivity contribution in [2.75, 3.05) is 26.9 Å². The van der Waals surface area contributed by atoms with Gasteiger partial charge in [0, 0.05) is 6.61 Å². The molecule has 124 valence electrons. The first-order valence-electron chi connectivity index (χ1n) is 8.62. The molecule has 21 heavy (non-hydrogen) atoms. The van der Waals surface area contributed by atoms with Crippen LogP contribution in [0, 0.1) is 5.92 Å². The van der Waals surface area contributed by atoms with Crippen molar-refractivity contribution < 1.29 is 14.3 Å². The first kappa shape index (κ1) is 18.4. The molecule has 4 heteroatoms. The van der Waals surface area contributed by atoms with E-state index in [-0.39, 0.29) is 5.97 Å². The summed E-state index contributed by atoms with van der Waals surface area (Å²) in [5, 5.41) is 3.33. The predicted molar refractivity (Wildman–Crippen MR) is 85.3 cm³/mol. The van der Waals surface area contributed by atoms with Crippen LogP contribution in [0.1, 0.15) is 65.2 Å². The molecule has 0 radical (unpaired) electrons. The summed E-state index contributed by atoms with van der Waals surface area (Å²) in [5.41, 5.74) is -0.619. The van der Waals surface area contributed by atoms with Crippen molar-refractivity contribution in [3.8, 4) is 0 Å². The van der Waals surface area contributed by atoms with Gasteiger partial charge in [-0.3, -0.25) is 5.32 Å². The molecule has 1 unspecified atom stereocenters. The van der Waals surface area contributed by atoms with E-state index in [0.717, 1.165) is 32.4 Å². The monoisotopic (exact) mass is 299 g/mol. The van der Waals surface area contributed by atoms with Crippen LogP contribution in [0.4, 0.5) is 0 Å². The molecule has 4 nitrogen and oxygen atoms in total. The fourth-order valence-corrected chi connectivity index (χ4v) is 2.90. The normalized spacial score (nSPS) is 17.5. The van der Waals surface area contributed by atoms with Gasteiger partial charge < -0.3 is 9.47 Å². The number of likely N-dealkylation sites (N-methyl/N-ethyl adjacent to an activating group) is 1. The molecule has 1 rings (SSSR count). The van der Waals surface area contributed by atoms with Gasteiger partial charge in [0.2, 0.25) is 0 Å². The van der Waals surface area contributed by atoms with Crippen LogP contribution in [-0.4, -0.2) is 38.4 Å². The quantitative estimate of drug-likeness (QED) is 0.419. The summed E-state index contributed by atoms with van der Waals surface area (Å²) in [4.78, 5) is 12.2. The van der Waals surface area contributed by atoms with E-state index in [4.69, 9.17) is 9.47 Å². The van der Waals surface area contributed by atoms with Crippen molar-refractivity contribution in [1.82, 2.24) is 5.32 Å². The molecule has 0 aromatic rings. The average molecular weight is 299 g/mol. The Morgan fingerprint density at radius 3 is 2.38 bits per heavy atom. The lowest BCUT2D eigenvalue weighted by atomic mass is 9.94. The minimum Gasteiger partial charge on any atom is -0.468 e. The zero-order chi connectivity index (χ0) is 15.6. The summed E-state index contributed by atoms with van der Waals surface area (Å²) >= 11 is 0. The predicted octanol–water partition coefficient (Wildman–Crippen LogP) is 3.29. The fourth-order valence-electron chi connectivity index (χ4n) is 2.90.